The van der Waals surface area contributed by atoms with E-state index in [2.05, 4.69) is 11.2 Å². The molecule has 0 aliphatic carbocycles. The van der Waals surface area contributed by atoms with Crippen molar-refractivity contribution in [2.75, 3.05) is 18.4 Å². The van der Waals surface area contributed by atoms with Gasteiger partial charge >= 0.3 is 0 Å². The average Bonchev–Trinajstić information content (AvgIpc) is 2.62. The standard InChI is InChI=1S/C19H20N2O3S/c1-4-15-9-7-11-17(13-15)20-19(22)16-10-8-12-18(14-16)25(23,24)21(5-2)6-3/h1,7-14H,5-6H2,2-3H3,(H,20,22). The smallest absolute Gasteiger partial charge is 0.255 e. The number of anilines is 1. The summed E-state index contributed by atoms with van der Waals surface area (Å²) >= 11 is 0. The summed E-state index contributed by atoms with van der Waals surface area (Å²) in [6.45, 7) is 4.29. The van der Waals surface area contributed by atoms with Crippen molar-refractivity contribution in [1.29, 1.82) is 0 Å². The zero-order valence-electron chi connectivity index (χ0n) is 14.2. The van der Waals surface area contributed by atoms with Crippen LogP contribution in [-0.4, -0.2) is 31.7 Å². The summed E-state index contributed by atoms with van der Waals surface area (Å²) < 4.78 is 26.5. The lowest BCUT2D eigenvalue weighted by atomic mass is 10.2. The fourth-order valence-electron chi connectivity index (χ4n) is 2.40. The molecular formula is C19H20N2O3S. The Hall–Kier alpha value is -2.62. The molecule has 25 heavy (non-hydrogen) atoms. The highest BCUT2D eigenvalue weighted by molar-refractivity contribution is 7.89. The van der Waals surface area contributed by atoms with Gasteiger partial charge in [-0.05, 0) is 36.4 Å². The molecule has 0 aliphatic rings. The summed E-state index contributed by atoms with van der Waals surface area (Å²) in [5, 5.41) is 2.73. The maximum absolute atomic E-state index is 12.6. The molecule has 0 unspecified atom stereocenters. The number of rotatable bonds is 6. The number of hydrogen-bond acceptors (Lipinski definition) is 3. The zero-order valence-corrected chi connectivity index (χ0v) is 15.0. The van der Waals surface area contributed by atoms with Gasteiger partial charge in [-0.25, -0.2) is 8.42 Å². The van der Waals surface area contributed by atoms with Crippen molar-refractivity contribution in [3.63, 3.8) is 0 Å². The average molecular weight is 356 g/mol. The lowest BCUT2D eigenvalue weighted by Crippen LogP contribution is -2.30. The Bertz CT molecular complexity index is 910. The minimum absolute atomic E-state index is 0.0984. The predicted octanol–water partition coefficient (Wildman–Crippen LogP) is 2.95. The van der Waals surface area contributed by atoms with Crippen LogP contribution in [0.5, 0.6) is 0 Å². The van der Waals surface area contributed by atoms with Gasteiger partial charge in [0, 0.05) is 29.9 Å². The lowest BCUT2D eigenvalue weighted by Gasteiger charge is -2.18. The Morgan fingerprint density at radius 2 is 1.80 bits per heavy atom. The summed E-state index contributed by atoms with van der Waals surface area (Å²) in [5.74, 6) is 2.10. The van der Waals surface area contributed by atoms with Gasteiger partial charge < -0.3 is 5.32 Å². The lowest BCUT2D eigenvalue weighted by molar-refractivity contribution is 0.102. The second-order valence-electron chi connectivity index (χ2n) is 5.30. The van der Waals surface area contributed by atoms with Gasteiger partial charge in [0.1, 0.15) is 0 Å². The van der Waals surface area contributed by atoms with Gasteiger partial charge in [-0.1, -0.05) is 31.9 Å². The van der Waals surface area contributed by atoms with E-state index in [1.807, 2.05) is 0 Å². The minimum atomic E-state index is -3.61. The molecule has 0 aromatic heterocycles. The van der Waals surface area contributed by atoms with Crippen molar-refractivity contribution in [2.45, 2.75) is 18.7 Å². The topological polar surface area (TPSA) is 66.5 Å². The highest BCUT2D eigenvalue weighted by Crippen LogP contribution is 2.18. The van der Waals surface area contributed by atoms with Crippen LogP contribution in [0, 0.1) is 12.3 Å². The molecule has 0 spiro atoms. The van der Waals surface area contributed by atoms with Crippen molar-refractivity contribution in [2.24, 2.45) is 0 Å². The molecule has 0 bridgehead atoms. The highest BCUT2D eigenvalue weighted by atomic mass is 32.2. The second-order valence-corrected chi connectivity index (χ2v) is 7.23. The summed E-state index contributed by atoms with van der Waals surface area (Å²) in [4.78, 5) is 12.5. The summed E-state index contributed by atoms with van der Waals surface area (Å²) in [6.07, 6.45) is 5.35. The molecule has 2 rings (SSSR count). The Labute approximate surface area is 148 Å². The highest BCUT2D eigenvalue weighted by Gasteiger charge is 2.22. The first-order valence-corrected chi connectivity index (χ1v) is 9.34. The maximum Gasteiger partial charge on any atom is 0.255 e. The van der Waals surface area contributed by atoms with Crippen LogP contribution < -0.4 is 5.32 Å². The Balaban J connectivity index is 2.29. The fraction of sp³-hybridized carbons (Fsp3) is 0.211. The van der Waals surface area contributed by atoms with Gasteiger partial charge in [0.25, 0.3) is 5.91 Å². The first-order chi connectivity index (χ1) is 11.9. The van der Waals surface area contributed by atoms with Gasteiger partial charge in [0.05, 0.1) is 4.90 Å². The van der Waals surface area contributed by atoms with E-state index in [1.54, 1.807) is 50.2 Å². The van der Waals surface area contributed by atoms with Crippen LogP contribution >= 0.6 is 0 Å². The van der Waals surface area contributed by atoms with E-state index >= 15 is 0 Å². The van der Waals surface area contributed by atoms with Gasteiger partial charge in [-0.3, -0.25) is 4.79 Å². The third kappa shape index (κ3) is 4.27. The van der Waals surface area contributed by atoms with E-state index in [4.69, 9.17) is 6.42 Å². The molecule has 0 aliphatic heterocycles. The summed E-state index contributed by atoms with van der Waals surface area (Å²) in [6, 6.07) is 12.9. The molecule has 2 aromatic rings. The second kappa shape index (κ2) is 7.97. The van der Waals surface area contributed by atoms with E-state index in [-0.39, 0.29) is 10.5 Å². The maximum atomic E-state index is 12.6. The number of benzene rings is 2. The normalized spacial score (nSPS) is 11.1. The Morgan fingerprint density at radius 3 is 2.44 bits per heavy atom. The molecule has 0 saturated carbocycles. The van der Waals surface area contributed by atoms with Gasteiger partial charge in [0.15, 0.2) is 0 Å². The minimum Gasteiger partial charge on any atom is -0.322 e. The zero-order chi connectivity index (χ0) is 18.4. The van der Waals surface area contributed by atoms with Crippen molar-refractivity contribution in [1.82, 2.24) is 4.31 Å². The van der Waals surface area contributed by atoms with Gasteiger partial charge in [-0.15, -0.1) is 6.42 Å². The molecule has 2 aromatic carbocycles. The van der Waals surface area contributed by atoms with Crippen LogP contribution in [0.4, 0.5) is 5.69 Å². The number of nitrogens with one attached hydrogen (secondary N) is 1. The summed E-state index contributed by atoms with van der Waals surface area (Å²) in [5.41, 5.74) is 1.47. The van der Waals surface area contributed by atoms with E-state index < -0.39 is 15.9 Å². The van der Waals surface area contributed by atoms with Crippen molar-refractivity contribution >= 4 is 21.6 Å². The number of amides is 1. The Morgan fingerprint density at radius 1 is 1.12 bits per heavy atom. The number of carbonyl (C=O) groups is 1. The van der Waals surface area contributed by atoms with Gasteiger partial charge in [0.2, 0.25) is 10.0 Å². The molecular weight excluding hydrogens is 336 g/mol. The molecule has 0 atom stereocenters. The first kappa shape index (κ1) is 18.7. The molecule has 0 fully saturated rings. The molecule has 0 heterocycles. The first-order valence-electron chi connectivity index (χ1n) is 7.90. The third-order valence-electron chi connectivity index (χ3n) is 3.73. The Kier molecular flexibility index (Phi) is 5.97. The monoisotopic (exact) mass is 356 g/mol. The van der Waals surface area contributed by atoms with Crippen LogP contribution in [0.3, 0.4) is 0 Å². The number of terminal acetylenes is 1. The quantitative estimate of drug-likeness (QED) is 0.809. The fourth-order valence-corrected chi connectivity index (χ4v) is 3.90. The van der Waals surface area contributed by atoms with Crippen molar-refractivity contribution in [3.05, 3.63) is 59.7 Å². The molecule has 0 radical (unpaired) electrons. The molecule has 1 amide bonds. The van der Waals surface area contributed by atoms with Crippen molar-refractivity contribution in [3.8, 4) is 12.3 Å². The summed E-state index contributed by atoms with van der Waals surface area (Å²) in [7, 11) is -3.61. The van der Waals surface area contributed by atoms with Crippen LogP contribution in [0.1, 0.15) is 29.8 Å². The van der Waals surface area contributed by atoms with Crippen LogP contribution in [0.25, 0.3) is 0 Å². The third-order valence-corrected chi connectivity index (χ3v) is 5.77. The largest absolute Gasteiger partial charge is 0.322 e. The number of carbonyl (C=O) groups excluding carboxylic acids is 1. The number of hydrogen-bond donors (Lipinski definition) is 1. The predicted molar refractivity (Wildman–Crippen MR) is 98.9 cm³/mol. The van der Waals surface area contributed by atoms with E-state index in [1.165, 1.54) is 16.4 Å². The van der Waals surface area contributed by atoms with Crippen LogP contribution in [-0.2, 0) is 10.0 Å². The van der Waals surface area contributed by atoms with Crippen molar-refractivity contribution < 1.29 is 13.2 Å². The van der Waals surface area contributed by atoms with Crippen LogP contribution in [0.2, 0.25) is 0 Å². The van der Waals surface area contributed by atoms with Crippen LogP contribution in [0.15, 0.2) is 53.4 Å². The molecule has 0 saturated heterocycles. The molecule has 6 heteroatoms. The molecule has 1 N–H and O–H groups in total. The number of sulfonamides is 1. The molecule has 130 valence electrons. The molecule has 5 nitrogen and oxygen atoms in total. The number of nitrogens with zero attached hydrogens (tertiary/aromatic N) is 1. The van der Waals surface area contributed by atoms with E-state index in [9.17, 15) is 13.2 Å². The van der Waals surface area contributed by atoms with E-state index in [0.29, 0.717) is 24.3 Å². The van der Waals surface area contributed by atoms with Gasteiger partial charge in [-0.2, -0.15) is 4.31 Å². The van der Waals surface area contributed by atoms with E-state index in [0.717, 1.165) is 0 Å². The SMILES string of the molecule is C#Cc1cccc(NC(=O)c2cccc(S(=O)(=O)N(CC)CC)c2)c1.